The molecule has 5 nitrogen and oxygen atoms in total. The topological polar surface area (TPSA) is 71.5 Å². The number of rotatable bonds is 5. The van der Waals surface area contributed by atoms with Crippen LogP contribution in [0.3, 0.4) is 0 Å². The Bertz CT molecular complexity index is 569. The number of hydrogen-bond acceptors (Lipinski definition) is 4. The molecule has 0 aliphatic heterocycles. The molecule has 19 heavy (non-hydrogen) atoms. The molecular formula is C14H16N2O3. The van der Waals surface area contributed by atoms with Crippen LogP contribution in [-0.2, 0) is 4.79 Å². The molecule has 1 heterocycles. The van der Waals surface area contributed by atoms with E-state index >= 15 is 0 Å². The normalized spacial score (nSPS) is 12.1. The van der Waals surface area contributed by atoms with Crippen LogP contribution in [0.1, 0.15) is 6.92 Å². The molecular weight excluding hydrogens is 244 g/mol. The molecule has 100 valence electrons. The first-order valence-electron chi connectivity index (χ1n) is 6.07. The van der Waals surface area contributed by atoms with Crippen molar-refractivity contribution in [2.24, 2.45) is 0 Å². The fourth-order valence-electron chi connectivity index (χ4n) is 1.60. The first kappa shape index (κ1) is 13.3. The molecule has 0 saturated carbocycles. The van der Waals surface area contributed by atoms with Gasteiger partial charge in [-0.1, -0.05) is 6.07 Å². The van der Waals surface area contributed by atoms with Gasteiger partial charge in [0.1, 0.15) is 5.75 Å². The summed E-state index contributed by atoms with van der Waals surface area (Å²) in [4.78, 5) is 15.6. The summed E-state index contributed by atoms with van der Waals surface area (Å²) >= 11 is 0. The van der Waals surface area contributed by atoms with E-state index in [1.54, 1.807) is 19.2 Å². The monoisotopic (exact) mass is 260 g/mol. The van der Waals surface area contributed by atoms with Crippen molar-refractivity contribution in [2.45, 2.75) is 13.0 Å². The first-order valence-corrected chi connectivity index (χ1v) is 6.07. The number of pyridine rings is 1. The quantitative estimate of drug-likeness (QED) is 0.844. The average Bonchev–Trinajstić information content (AvgIpc) is 2.42. The molecule has 0 aliphatic carbocycles. The van der Waals surface area contributed by atoms with Gasteiger partial charge in [-0.15, -0.1) is 0 Å². The summed E-state index contributed by atoms with van der Waals surface area (Å²) in [5.74, 6) is 0.361. The Morgan fingerprint density at radius 3 is 3.11 bits per heavy atom. The van der Waals surface area contributed by atoms with Gasteiger partial charge >= 0.3 is 0 Å². The second-order valence-corrected chi connectivity index (χ2v) is 4.30. The highest BCUT2D eigenvalue weighted by molar-refractivity contribution is 5.80. The molecule has 0 aliphatic rings. The van der Waals surface area contributed by atoms with Gasteiger partial charge in [-0.05, 0) is 31.2 Å². The van der Waals surface area contributed by atoms with Crippen LogP contribution in [0, 0.1) is 0 Å². The molecule has 0 spiro atoms. The zero-order valence-corrected chi connectivity index (χ0v) is 10.7. The third-order valence-electron chi connectivity index (χ3n) is 2.54. The van der Waals surface area contributed by atoms with Crippen LogP contribution in [0.2, 0.25) is 0 Å². The second-order valence-electron chi connectivity index (χ2n) is 4.30. The predicted molar refractivity (Wildman–Crippen MR) is 71.9 cm³/mol. The fourth-order valence-corrected chi connectivity index (χ4v) is 1.60. The lowest BCUT2D eigenvalue weighted by Gasteiger charge is -2.09. The number of aliphatic hydroxyl groups excluding tert-OH is 1. The largest absolute Gasteiger partial charge is 0.484 e. The Labute approximate surface area is 111 Å². The summed E-state index contributed by atoms with van der Waals surface area (Å²) in [5.41, 5.74) is 0.883. The van der Waals surface area contributed by atoms with E-state index in [-0.39, 0.29) is 19.1 Å². The maximum absolute atomic E-state index is 11.4. The summed E-state index contributed by atoms with van der Waals surface area (Å²) in [5, 5.41) is 12.6. The Morgan fingerprint density at radius 2 is 2.32 bits per heavy atom. The summed E-state index contributed by atoms with van der Waals surface area (Å²) in [6.45, 7) is 1.76. The molecule has 0 radical (unpaired) electrons. The van der Waals surface area contributed by atoms with E-state index in [2.05, 4.69) is 10.3 Å². The van der Waals surface area contributed by atoms with Crippen molar-refractivity contribution >= 4 is 16.8 Å². The number of aliphatic hydroxyl groups is 1. The van der Waals surface area contributed by atoms with Gasteiger partial charge in [0.05, 0.1) is 11.6 Å². The molecule has 0 saturated heterocycles. The van der Waals surface area contributed by atoms with Gasteiger partial charge in [-0.25, -0.2) is 0 Å². The molecule has 1 aromatic heterocycles. The van der Waals surface area contributed by atoms with Crippen molar-refractivity contribution < 1.29 is 14.6 Å². The van der Waals surface area contributed by atoms with Crippen LogP contribution < -0.4 is 10.1 Å². The van der Waals surface area contributed by atoms with Gasteiger partial charge in [-0.2, -0.15) is 0 Å². The van der Waals surface area contributed by atoms with E-state index in [0.717, 1.165) is 10.9 Å². The Kier molecular flexibility index (Phi) is 4.30. The van der Waals surface area contributed by atoms with Crippen molar-refractivity contribution in [3.8, 4) is 5.75 Å². The number of carbonyl (C=O) groups excluding carboxylic acids is 1. The predicted octanol–water partition coefficient (Wildman–Crippen LogP) is 1.11. The smallest absolute Gasteiger partial charge is 0.258 e. The molecule has 1 atom stereocenters. The second kappa shape index (κ2) is 6.15. The highest BCUT2D eigenvalue weighted by Gasteiger charge is 2.04. The number of nitrogens with one attached hydrogen (secondary N) is 1. The van der Waals surface area contributed by atoms with Gasteiger partial charge in [0, 0.05) is 18.1 Å². The third-order valence-corrected chi connectivity index (χ3v) is 2.54. The van der Waals surface area contributed by atoms with Crippen LogP contribution in [0.15, 0.2) is 36.5 Å². The first-order chi connectivity index (χ1) is 9.15. The summed E-state index contributed by atoms with van der Waals surface area (Å²) in [6, 6.07) is 9.24. The number of nitrogens with zero attached hydrogens (tertiary/aromatic N) is 1. The zero-order valence-electron chi connectivity index (χ0n) is 10.7. The molecule has 1 unspecified atom stereocenters. The number of fused-ring (bicyclic) bond motifs is 1. The summed E-state index contributed by atoms with van der Waals surface area (Å²) in [6.07, 6.45) is 1.17. The van der Waals surface area contributed by atoms with E-state index in [1.807, 2.05) is 24.3 Å². The van der Waals surface area contributed by atoms with Crippen molar-refractivity contribution in [1.82, 2.24) is 10.3 Å². The van der Waals surface area contributed by atoms with E-state index in [0.29, 0.717) is 5.75 Å². The highest BCUT2D eigenvalue weighted by atomic mass is 16.5. The van der Waals surface area contributed by atoms with E-state index in [9.17, 15) is 4.79 Å². The number of amides is 1. The SMILES string of the molecule is CC(O)CNC(=O)COc1ccc2ncccc2c1. The van der Waals surface area contributed by atoms with E-state index < -0.39 is 6.10 Å². The number of ether oxygens (including phenoxy) is 1. The standard InChI is InChI=1S/C14H16N2O3/c1-10(17)8-16-14(18)9-19-12-4-5-13-11(7-12)3-2-6-15-13/h2-7,10,17H,8-9H2,1H3,(H,16,18). The fraction of sp³-hybridized carbons (Fsp3) is 0.286. The minimum absolute atomic E-state index is 0.0709. The van der Waals surface area contributed by atoms with Crippen LogP contribution in [0.4, 0.5) is 0 Å². The van der Waals surface area contributed by atoms with Crippen LogP contribution in [0.5, 0.6) is 5.75 Å². The van der Waals surface area contributed by atoms with Gasteiger partial charge < -0.3 is 15.2 Å². The van der Waals surface area contributed by atoms with E-state index in [4.69, 9.17) is 9.84 Å². The molecule has 1 aromatic carbocycles. The zero-order chi connectivity index (χ0) is 13.7. The van der Waals surface area contributed by atoms with Crippen LogP contribution in [-0.4, -0.2) is 35.3 Å². The highest BCUT2D eigenvalue weighted by Crippen LogP contribution is 2.18. The molecule has 2 N–H and O–H groups in total. The van der Waals surface area contributed by atoms with Gasteiger partial charge in [-0.3, -0.25) is 9.78 Å². The lowest BCUT2D eigenvalue weighted by molar-refractivity contribution is -0.123. The van der Waals surface area contributed by atoms with Gasteiger partial charge in [0.2, 0.25) is 0 Å². The van der Waals surface area contributed by atoms with Crippen molar-refractivity contribution in [3.63, 3.8) is 0 Å². The summed E-state index contributed by atoms with van der Waals surface area (Å²) in [7, 11) is 0. The van der Waals surface area contributed by atoms with Crippen molar-refractivity contribution in [1.29, 1.82) is 0 Å². The lowest BCUT2D eigenvalue weighted by Crippen LogP contribution is -2.34. The Hall–Kier alpha value is -2.14. The Morgan fingerprint density at radius 1 is 1.47 bits per heavy atom. The van der Waals surface area contributed by atoms with Crippen molar-refractivity contribution in [2.75, 3.05) is 13.2 Å². The third kappa shape index (κ3) is 3.93. The van der Waals surface area contributed by atoms with Gasteiger partial charge in [0.15, 0.2) is 6.61 Å². The minimum atomic E-state index is -0.560. The Balaban J connectivity index is 1.92. The van der Waals surface area contributed by atoms with E-state index in [1.165, 1.54) is 0 Å². The van der Waals surface area contributed by atoms with Crippen LogP contribution in [0.25, 0.3) is 10.9 Å². The maximum Gasteiger partial charge on any atom is 0.258 e. The van der Waals surface area contributed by atoms with Crippen LogP contribution >= 0.6 is 0 Å². The number of hydrogen-bond donors (Lipinski definition) is 2. The molecule has 0 fully saturated rings. The number of carbonyl (C=O) groups is 1. The molecule has 2 rings (SSSR count). The number of aromatic nitrogens is 1. The summed E-state index contributed by atoms with van der Waals surface area (Å²) < 4.78 is 5.39. The molecule has 0 bridgehead atoms. The minimum Gasteiger partial charge on any atom is -0.484 e. The average molecular weight is 260 g/mol. The maximum atomic E-state index is 11.4. The molecule has 2 aromatic rings. The number of benzene rings is 1. The van der Waals surface area contributed by atoms with Crippen molar-refractivity contribution in [3.05, 3.63) is 36.5 Å². The molecule has 1 amide bonds. The lowest BCUT2D eigenvalue weighted by atomic mass is 10.2. The van der Waals surface area contributed by atoms with Gasteiger partial charge in [0.25, 0.3) is 5.91 Å². The molecule has 5 heteroatoms.